The second-order valence-corrected chi connectivity index (χ2v) is 4.32. The Hall–Kier alpha value is -0.160. The lowest BCUT2D eigenvalue weighted by atomic mass is 9.92. The second kappa shape index (κ2) is 7.17. The van der Waals surface area contributed by atoms with Crippen LogP contribution in [-0.2, 0) is 4.74 Å². The Morgan fingerprint density at radius 2 is 2.07 bits per heavy atom. The average molecular weight is 216 g/mol. The van der Waals surface area contributed by atoms with Crippen molar-refractivity contribution in [2.24, 2.45) is 11.7 Å². The summed E-state index contributed by atoms with van der Waals surface area (Å²) < 4.78 is 5.34. The number of aliphatic hydroxyl groups excluding tert-OH is 1. The van der Waals surface area contributed by atoms with E-state index in [1.54, 1.807) is 0 Å². The zero-order chi connectivity index (χ0) is 11.1. The highest BCUT2D eigenvalue weighted by molar-refractivity contribution is 4.75. The molecule has 0 aliphatic carbocycles. The Kier molecular flexibility index (Phi) is 6.17. The van der Waals surface area contributed by atoms with E-state index in [0.717, 1.165) is 39.1 Å². The lowest BCUT2D eigenvalue weighted by Gasteiger charge is -2.33. The number of nitrogens with zero attached hydrogens (tertiary/aromatic N) is 1. The van der Waals surface area contributed by atoms with Gasteiger partial charge < -0.3 is 20.5 Å². The predicted molar refractivity (Wildman–Crippen MR) is 60.7 cm³/mol. The third-order valence-corrected chi connectivity index (χ3v) is 3.13. The zero-order valence-electron chi connectivity index (χ0n) is 9.69. The van der Waals surface area contributed by atoms with E-state index >= 15 is 0 Å². The molecule has 1 aliphatic rings. The van der Waals surface area contributed by atoms with Crippen LogP contribution in [-0.4, -0.2) is 55.5 Å². The van der Waals surface area contributed by atoms with Crippen LogP contribution >= 0.6 is 0 Å². The molecule has 0 radical (unpaired) electrons. The molecule has 3 N–H and O–H groups in total. The minimum atomic E-state index is -0.152. The number of aliphatic hydroxyl groups is 1. The molecule has 0 aromatic heterocycles. The molecule has 1 rings (SSSR count). The minimum Gasteiger partial charge on any atom is -0.393 e. The van der Waals surface area contributed by atoms with Crippen LogP contribution in [0.1, 0.15) is 19.8 Å². The van der Waals surface area contributed by atoms with E-state index in [1.807, 2.05) is 6.92 Å². The van der Waals surface area contributed by atoms with Gasteiger partial charge in [-0.2, -0.15) is 0 Å². The van der Waals surface area contributed by atoms with Gasteiger partial charge in [0.15, 0.2) is 0 Å². The van der Waals surface area contributed by atoms with E-state index in [4.69, 9.17) is 10.5 Å². The molecule has 0 amide bonds. The van der Waals surface area contributed by atoms with Crippen LogP contribution in [0.4, 0.5) is 0 Å². The summed E-state index contributed by atoms with van der Waals surface area (Å²) in [6.07, 6.45) is 2.06. The normalized spacial score (nSPS) is 21.8. The van der Waals surface area contributed by atoms with Gasteiger partial charge in [-0.05, 0) is 38.8 Å². The molecule has 0 aromatic rings. The van der Waals surface area contributed by atoms with Crippen molar-refractivity contribution in [2.75, 3.05) is 39.4 Å². The number of ether oxygens (including phenoxy) is 1. The summed E-state index contributed by atoms with van der Waals surface area (Å²) >= 11 is 0. The minimum absolute atomic E-state index is 0.152. The largest absolute Gasteiger partial charge is 0.393 e. The highest BCUT2D eigenvalue weighted by Gasteiger charge is 2.21. The monoisotopic (exact) mass is 216 g/mol. The molecule has 4 heteroatoms. The molecule has 4 nitrogen and oxygen atoms in total. The number of nitrogens with two attached hydrogens (primary N) is 1. The Balaban J connectivity index is 2.04. The van der Waals surface area contributed by atoms with Gasteiger partial charge in [-0.1, -0.05) is 0 Å². The van der Waals surface area contributed by atoms with Crippen LogP contribution < -0.4 is 5.73 Å². The summed E-state index contributed by atoms with van der Waals surface area (Å²) in [5.41, 5.74) is 5.33. The van der Waals surface area contributed by atoms with Gasteiger partial charge in [0.2, 0.25) is 0 Å². The van der Waals surface area contributed by atoms with E-state index < -0.39 is 0 Å². The SMILES string of the molecule is CC(O)C1CCN(CCOCCN)CC1. The van der Waals surface area contributed by atoms with Crippen LogP contribution in [0.2, 0.25) is 0 Å². The maximum absolute atomic E-state index is 9.45. The summed E-state index contributed by atoms with van der Waals surface area (Å²) in [7, 11) is 0. The van der Waals surface area contributed by atoms with Crippen LogP contribution in [0, 0.1) is 5.92 Å². The van der Waals surface area contributed by atoms with Gasteiger partial charge in [0.05, 0.1) is 19.3 Å². The van der Waals surface area contributed by atoms with Crippen molar-refractivity contribution in [1.82, 2.24) is 4.90 Å². The molecule has 1 unspecified atom stereocenters. The van der Waals surface area contributed by atoms with Crippen molar-refractivity contribution in [3.8, 4) is 0 Å². The molecule has 1 heterocycles. The van der Waals surface area contributed by atoms with E-state index in [1.165, 1.54) is 0 Å². The van der Waals surface area contributed by atoms with Gasteiger partial charge in [0.1, 0.15) is 0 Å². The van der Waals surface area contributed by atoms with E-state index in [2.05, 4.69) is 4.90 Å². The topological polar surface area (TPSA) is 58.7 Å². The molecule has 1 aliphatic heterocycles. The highest BCUT2D eigenvalue weighted by atomic mass is 16.5. The van der Waals surface area contributed by atoms with Gasteiger partial charge in [-0.3, -0.25) is 0 Å². The summed E-state index contributed by atoms with van der Waals surface area (Å²) in [4.78, 5) is 2.40. The van der Waals surface area contributed by atoms with Crippen molar-refractivity contribution in [2.45, 2.75) is 25.9 Å². The van der Waals surface area contributed by atoms with E-state index in [9.17, 15) is 5.11 Å². The molecular weight excluding hydrogens is 192 g/mol. The Bertz CT molecular complexity index is 157. The molecule has 1 saturated heterocycles. The lowest BCUT2D eigenvalue weighted by Crippen LogP contribution is -2.38. The number of piperidine rings is 1. The van der Waals surface area contributed by atoms with Crippen LogP contribution in [0.15, 0.2) is 0 Å². The molecular formula is C11H24N2O2. The van der Waals surface area contributed by atoms with E-state index in [0.29, 0.717) is 19.1 Å². The molecule has 90 valence electrons. The quantitative estimate of drug-likeness (QED) is 0.616. The fraction of sp³-hybridized carbons (Fsp3) is 1.00. The Morgan fingerprint density at radius 3 is 2.60 bits per heavy atom. The van der Waals surface area contributed by atoms with Crippen molar-refractivity contribution in [3.05, 3.63) is 0 Å². The predicted octanol–water partition coefficient (Wildman–Crippen LogP) is 0.0545. The second-order valence-electron chi connectivity index (χ2n) is 4.32. The van der Waals surface area contributed by atoms with Crippen molar-refractivity contribution in [3.63, 3.8) is 0 Å². The smallest absolute Gasteiger partial charge is 0.0594 e. The van der Waals surface area contributed by atoms with Gasteiger partial charge in [0.25, 0.3) is 0 Å². The van der Waals surface area contributed by atoms with Crippen LogP contribution in [0.5, 0.6) is 0 Å². The average Bonchev–Trinajstić information content (AvgIpc) is 2.25. The maximum Gasteiger partial charge on any atom is 0.0594 e. The molecule has 0 saturated carbocycles. The molecule has 15 heavy (non-hydrogen) atoms. The van der Waals surface area contributed by atoms with Crippen molar-refractivity contribution < 1.29 is 9.84 Å². The Morgan fingerprint density at radius 1 is 1.40 bits per heavy atom. The Labute approximate surface area is 92.4 Å². The number of rotatable bonds is 6. The summed E-state index contributed by atoms with van der Waals surface area (Å²) in [5.74, 6) is 0.492. The number of likely N-dealkylation sites (tertiary alicyclic amines) is 1. The fourth-order valence-corrected chi connectivity index (χ4v) is 2.04. The van der Waals surface area contributed by atoms with Gasteiger partial charge in [0, 0.05) is 13.1 Å². The third kappa shape index (κ3) is 4.93. The van der Waals surface area contributed by atoms with Gasteiger partial charge in [-0.15, -0.1) is 0 Å². The summed E-state index contributed by atoms with van der Waals surface area (Å²) in [6, 6.07) is 0. The van der Waals surface area contributed by atoms with Crippen molar-refractivity contribution in [1.29, 1.82) is 0 Å². The first-order chi connectivity index (χ1) is 7.24. The number of hydrogen-bond donors (Lipinski definition) is 2. The first kappa shape index (κ1) is 12.9. The lowest BCUT2D eigenvalue weighted by molar-refractivity contribution is 0.0541. The third-order valence-electron chi connectivity index (χ3n) is 3.13. The zero-order valence-corrected chi connectivity index (χ0v) is 9.69. The molecule has 0 bridgehead atoms. The first-order valence-corrected chi connectivity index (χ1v) is 5.92. The summed E-state index contributed by atoms with van der Waals surface area (Å²) in [6.45, 7) is 7.09. The van der Waals surface area contributed by atoms with Crippen molar-refractivity contribution >= 4 is 0 Å². The first-order valence-electron chi connectivity index (χ1n) is 5.92. The van der Waals surface area contributed by atoms with Gasteiger partial charge >= 0.3 is 0 Å². The van der Waals surface area contributed by atoms with E-state index in [-0.39, 0.29) is 6.10 Å². The van der Waals surface area contributed by atoms with Crippen LogP contribution in [0.25, 0.3) is 0 Å². The molecule has 0 aromatic carbocycles. The van der Waals surface area contributed by atoms with Crippen LogP contribution in [0.3, 0.4) is 0 Å². The molecule has 1 atom stereocenters. The standard InChI is InChI=1S/C11H24N2O2/c1-10(14)11-2-5-13(6-3-11)7-9-15-8-4-12/h10-11,14H,2-9,12H2,1H3. The summed E-state index contributed by atoms with van der Waals surface area (Å²) in [5, 5.41) is 9.45. The molecule has 0 spiro atoms. The maximum atomic E-state index is 9.45. The highest BCUT2D eigenvalue weighted by Crippen LogP contribution is 2.19. The molecule has 1 fully saturated rings. The van der Waals surface area contributed by atoms with Gasteiger partial charge in [-0.25, -0.2) is 0 Å². The fourth-order valence-electron chi connectivity index (χ4n) is 2.04. The number of hydrogen-bond acceptors (Lipinski definition) is 4.